The van der Waals surface area contributed by atoms with E-state index in [0.29, 0.717) is 6.54 Å². The number of halogens is 2. The van der Waals surface area contributed by atoms with E-state index in [0.717, 1.165) is 6.07 Å². The maximum atomic E-state index is 13.0. The molecule has 0 unspecified atom stereocenters. The summed E-state index contributed by atoms with van der Waals surface area (Å²) in [6.07, 6.45) is 0. The van der Waals surface area contributed by atoms with Crippen molar-refractivity contribution in [1.29, 1.82) is 0 Å². The lowest BCUT2D eigenvalue weighted by Gasteiger charge is -2.08. The number of hydrogen-bond acceptors (Lipinski definition) is 4. The number of benzene rings is 1. The molecular weight excluding hydrogens is 317 g/mol. The summed E-state index contributed by atoms with van der Waals surface area (Å²) in [5, 5.41) is 2.50. The van der Waals surface area contributed by atoms with Gasteiger partial charge in [-0.15, -0.1) is 3.89 Å². The minimum absolute atomic E-state index is 0.00178. The molecule has 1 aliphatic rings. The van der Waals surface area contributed by atoms with E-state index in [1.54, 1.807) is 0 Å². The molecule has 8 heteroatoms. The average Bonchev–Trinajstić information content (AvgIpc) is 2.38. The second-order valence-corrected chi connectivity index (χ2v) is 5.49. The van der Waals surface area contributed by atoms with E-state index in [1.165, 1.54) is 6.07 Å². The van der Waals surface area contributed by atoms with Crippen molar-refractivity contribution in [2.45, 2.75) is 4.90 Å². The SMILES string of the molecule is O=C1NCCOc2cc(Br)c(S(=O)(=O)F)cc21. The van der Waals surface area contributed by atoms with E-state index in [4.69, 9.17) is 4.74 Å². The Hall–Kier alpha value is -1.15. The van der Waals surface area contributed by atoms with Crippen LogP contribution in [0.2, 0.25) is 0 Å². The van der Waals surface area contributed by atoms with Crippen LogP contribution < -0.4 is 10.1 Å². The summed E-state index contributed by atoms with van der Waals surface area (Å²) in [4.78, 5) is 11.0. The van der Waals surface area contributed by atoms with Crippen molar-refractivity contribution < 1.29 is 21.8 Å². The molecule has 1 heterocycles. The zero-order chi connectivity index (χ0) is 12.6. The standard InChI is InChI=1S/C9H7BrFNO4S/c10-6-4-7-5(3-8(6)17(11,14)15)9(13)12-1-2-16-7/h3-4H,1-2H2,(H,12,13). The number of carbonyl (C=O) groups is 1. The summed E-state index contributed by atoms with van der Waals surface area (Å²) in [6, 6.07) is 2.22. The lowest BCUT2D eigenvalue weighted by atomic mass is 10.2. The zero-order valence-electron chi connectivity index (χ0n) is 8.37. The Morgan fingerprint density at radius 3 is 2.76 bits per heavy atom. The van der Waals surface area contributed by atoms with Gasteiger partial charge >= 0.3 is 10.2 Å². The van der Waals surface area contributed by atoms with Crippen LogP contribution >= 0.6 is 15.9 Å². The highest BCUT2D eigenvalue weighted by atomic mass is 79.9. The summed E-state index contributed by atoms with van der Waals surface area (Å²) in [5.74, 6) is -0.269. The normalized spacial score (nSPS) is 15.5. The lowest BCUT2D eigenvalue weighted by Crippen LogP contribution is -2.24. The highest BCUT2D eigenvalue weighted by Gasteiger charge is 2.24. The summed E-state index contributed by atoms with van der Waals surface area (Å²) in [5.41, 5.74) is 0.00178. The van der Waals surface area contributed by atoms with E-state index < -0.39 is 21.0 Å². The molecule has 0 spiro atoms. The number of amides is 1. The molecule has 1 amide bonds. The lowest BCUT2D eigenvalue weighted by molar-refractivity contribution is 0.0957. The third-order valence-electron chi connectivity index (χ3n) is 2.19. The van der Waals surface area contributed by atoms with Gasteiger partial charge in [0.1, 0.15) is 17.3 Å². The zero-order valence-corrected chi connectivity index (χ0v) is 10.8. The van der Waals surface area contributed by atoms with Crippen LogP contribution in [0.5, 0.6) is 5.75 Å². The molecule has 5 nitrogen and oxygen atoms in total. The van der Waals surface area contributed by atoms with Crippen LogP contribution in [0.25, 0.3) is 0 Å². The summed E-state index contributed by atoms with van der Waals surface area (Å²) in [7, 11) is -4.88. The van der Waals surface area contributed by atoms with Gasteiger partial charge in [0.25, 0.3) is 5.91 Å². The Labute approximate surface area is 105 Å². The molecule has 0 radical (unpaired) electrons. The van der Waals surface area contributed by atoms with E-state index >= 15 is 0 Å². The molecule has 0 saturated carbocycles. The molecule has 2 rings (SSSR count). The first-order valence-electron chi connectivity index (χ1n) is 4.59. The predicted octanol–water partition coefficient (Wildman–Crippen LogP) is 1.23. The monoisotopic (exact) mass is 323 g/mol. The number of fused-ring (bicyclic) bond motifs is 1. The van der Waals surface area contributed by atoms with Crippen LogP contribution in [-0.4, -0.2) is 27.5 Å². The predicted molar refractivity (Wildman–Crippen MR) is 60.3 cm³/mol. The molecule has 1 aromatic rings. The third kappa shape index (κ3) is 2.42. The number of rotatable bonds is 1. The van der Waals surface area contributed by atoms with Crippen molar-refractivity contribution in [2.24, 2.45) is 0 Å². The van der Waals surface area contributed by atoms with Crippen molar-refractivity contribution >= 4 is 32.1 Å². The van der Waals surface area contributed by atoms with E-state index in [9.17, 15) is 17.1 Å². The minimum atomic E-state index is -4.88. The highest BCUT2D eigenvalue weighted by Crippen LogP contribution is 2.32. The fraction of sp³-hybridized carbons (Fsp3) is 0.222. The minimum Gasteiger partial charge on any atom is -0.491 e. The van der Waals surface area contributed by atoms with E-state index in [2.05, 4.69) is 21.2 Å². The quantitative estimate of drug-likeness (QED) is 0.789. The number of ether oxygens (including phenoxy) is 1. The molecule has 0 fully saturated rings. The van der Waals surface area contributed by atoms with E-state index in [-0.39, 0.29) is 22.4 Å². The summed E-state index contributed by atoms with van der Waals surface area (Å²) < 4.78 is 39.9. The average molecular weight is 324 g/mol. The Balaban J connectivity index is 2.66. The maximum Gasteiger partial charge on any atom is 0.333 e. The topological polar surface area (TPSA) is 72.5 Å². The van der Waals surface area contributed by atoms with Crippen LogP contribution in [0.3, 0.4) is 0 Å². The summed E-state index contributed by atoms with van der Waals surface area (Å²) in [6.45, 7) is 0.579. The highest BCUT2D eigenvalue weighted by molar-refractivity contribution is 9.10. The van der Waals surface area contributed by atoms with Crippen LogP contribution in [0, 0.1) is 0 Å². The Kier molecular flexibility index (Phi) is 3.09. The van der Waals surface area contributed by atoms with Crippen molar-refractivity contribution in [3.8, 4) is 5.75 Å². The van der Waals surface area contributed by atoms with Gasteiger partial charge in [0.05, 0.1) is 12.1 Å². The van der Waals surface area contributed by atoms with Gasteiger partial charge in [-0.3, -0.25) is 4.79 Å². The maximum absolute atomic E-state index is 13.0. The number of carbonyl (C=O) groups excluding carboxylic acids is 1. The molecule has 92 valence electrons. The molecule has 0 bridgehead atoms. The van der Waals surface area contributed by atoms with Crippen LogP contribution in [0.4, 0.5) is 3.89 Å². The third-order valence-corrected chi connectivity index (χ3v) is 3.97. The fourth-order valence-corrected chi connectivity index (χ4v) is 2.89. The fourth-order valence-electron chi connectivity index (χ4n) is 1.44. The second kappa shape index (κ2) is 4.26. The van der Waals surface area contributed by atoms with Gasteiger partial charge in [0, 0.05) is 4.47 Å². The molecule has 1 N–H and O–H groups in total. The van der Waals surface area contributed by atoms with Crippen molar-refractivity contribution in [2.75, 3.05) is 13.2 Å². The van der Waals surface area contributed by atoms with Crippen molar-refractivity contribution in [3.63, 3.8) is 0 Å². The largest absolute Gasteiger partial charge is 0.491 e. The van der Waals surface area contributed by atoms with Crippen molar-refractivity contribution in [3.05, 3.63) is 22.2 Å². The van der Waals surface area contributed by atoms with Crippen LogP contribution in [0.15, 0.2) is 21.5 Å². The van der Waals surface area contributed by atoms with Crippen molar-refractivity contribution in [1.82, 2.24) is 5.32 Å². The molecule has 17 heavy (non-hydrogen) atoms. The number of hydrogen-bond donors (Lipinski definition) is 1. The Morgan fingerprint density at radius 1 is 1.41 bits per heavy atom. The van der Waals surface area contributed by atoms with Gasteiger partial charge < -0.3 is 10.1 Å². The molecule has 1 aliphatic heterocycles. The first-order valence-corrected chi connectivity index (χ1v) is 6.76. The van der Waals surface area contributed by atoms with Gasteiger partial charge in [-0.05, 0) is 28.1 Å². The molecule has 0 saturated heterocycles. The molecular formula is C9H7BrFNO4S. The van der Waals surface area contributed by atoms with Gasteiger partial charge in [-0.1, -0.05) is 0 Å². The number of nitrogens with one attached hydrogen (secondary N) is 1. The van der Waals surface area contributed by atoms with E-state index in [1.807, 2.05) is 0 Å². The van der Waals surface area contributed by atoms with Gasteiger partial charge in [0.2, 0.25) is 0 Å². The summed E-state index contributed by atoms with van der Waals surface area (Å²) >= 11 is 2.93. The molecule has 0 atom stereocenters. The van der Waals surface area contributed by atoms with Gasteiger partial charge in [0.15, 0.2) is 0 Å². The molecule has 0 aromatic heterocycles. The Morgan fingerprint density at radius 2 is 2.12 bits per heavy atom. The van der Waals surface area contributed by atoms with Crippen LogP contribution in [-0.2, 0) is 10.2 Å². The van der Waals surface area contributed by atoms with Crippen LogP contribution in [0.1, 0.15) is 10.4 Å². The smallest absolute Gasteiger partial charge is 0.333 e. The first kappa shape index (κ1) is 12.3. The Bertz CT molecular complexity index is 587. The second-order valence-electron chi connectivity index (χ2n) is 3.32. The molecule has 0 aliphatic carbocycles. The van der Waals surface area contributed by atoms with Gasteiger partial charge in [-0.2, -0.15) is 8.42 Å². The first-order chi connectivity index (χ1) is 7.89. The van der Waals surface area contributed by atoms with Gasteiger partial charge in [-0.25, -0.2) is 0 Å². The molecule has 1 aromatic carbocycles.